The normalized spacial score (nSPS) is 11.2. The lowest BCUT2D eigenvalue weighted by Crippen LogP contribution is -2.23. The van der Waals surface area contributed by atoms with Gasteiger partial charge in [-0.25, -0.2) is 0 Å². The number of hydrogen-bond donors (Lipinski definition) is 1. The number of amides is 1. The van der Waals surface area contributed by atoms with Crippen molar-refractivity contribution < 1.29 is 4.79 Å². The average Bonchev–Trinajstić information content (AvgIpc) is 2.52. The van der Waals surface area contributed by atoms with Gasteiger partial charge >= 0.3 is 0 Å². The second kappa shape index (κ2) is 7.09. The number of amidine groups is 1. The van der Waals surface area contributed by atoms with Crippen LogP contribution in [0.3, 0.4) is 0 Å². The van der Waals surface area contributed by atoms with Crippen LogP contribution >= 0.6 is 11.6 Å². The highest BCUT2D eigenvalue weighted by Crippen LogP contribution is 2.30. The molecule has 0 radical (unpaired) electrons. The number of halogens is 1. The molecule has 0 bridgehead atoms. The molecular formula is C17H18ClN3O. The summed E-state index contributed by atoms with van der Waals surface area (Å²) in [7, 11) is 3.69. The fraction of sp³-hybridized carbons (Fsp3) is 0.176. The molecule has 0 fully saturated rings. The maximum atomic E-state index is 10.7. The highest BCUT2D eigenvalue weighted by atomic mass is 35.5. The molecule has 0 aromatic heterocycles. The van der Waals surface area contributed by atoms with E-state index in [0.717, 1.165) is 16.9 Å². The maximum absolute atomic E-state index is 10.7. The SMILES string of the molecule is CN/C(=N/C=O)c1ccc(Cl)cc1N(C)c1cccc(C)c1. The van der Waals surface area contributed by atoms with Gasteiger partial charge in [0.25, 0.3) is 0 Å². The quantitative estimate of drug-likeness (QED) is 0.533. The molecule has 1 amide bonds. The third kappa shape index (κ3) is 3.46. The number of anilines is 2. The van der Waals surface area contributed by atoms with E-state index >= 15 is 0 Å². The van der Waals surface area contributed by atoms with Gasteiger partial charge in [0, 0.05) is 30.4 Å². The summed E-state index contributed by atoms with van der Waals surface area (Å²) in [5.74, 6) is 0.501. The Hall–Kier alpha value is -2.33. The van der Waals surface area contributed by atoms with Gasteiger partial charge in [0.1, 0.15) is 5.84 Å². The molecule has 0 aliphatic rings. The number of carbonyl (C=O) groups excluding carboxylic acids is 1. The van der Waals surface area contributed by atoms with Crippen LogP contribution in [-0.4, -0.2) is 26.3 Å². The van der Waals surface area contributed by atoms with Gasteiger partial charge in [-0.05, 0) is 42.8 Å². The molecule has 0 atom stereocenters. The number of aryl methyl sites for hydroxylation is 1. The van der Waals surface area contributed by atoms with Crippen molar-refractivity contribution in [2.24, 2.45) is 4.99 Å². The van der Waals surface area contributed by atoms with Crippen LogP contribution in [-0.2, 0) is 4.79 Å². The molecule has 5 heteroatoms. The predicted octanol–water partition coefficient (Wildman–Crippen LogP) is 3.54. The molecule has 22 heavy (non-hydrogen) atoms. The van der Waals surface area contributed by atoms with E-state index < -0.39 is 0 Å². The van der Waals surface area contributed by atoms with E-state index in [9.17, 15) is 4.79 Å². The molecular weight excluding hydrogens is 298 g/mol. The van der Waals surface area contributed by atoms with E-state index in [1.54, 1.807) is 13.1 Å². The van der Waals surface area contributed by atoms with Crippen LogP contribution in [0.25, 0.3) is 0 Å². The smallest absolute Gasteiger partial charge is 0.234 e. The largest absolute Gasteiger partial charge is 0.372 e. The second-order valence-electron chi connectivity index (χ2n) is 4.89. The molecule has 1 N–H and O–H groups in total. The first-order chi connectivity index (χ1) is 10.6. The zero-order chi connectivity index (χ0) is 16.1. The van der Waals surface area contributed by atoms with E-state index in [0.29, 0.717) is 17.3 Å². The molecule has 0 unspecified atom stereocenters. The summed E-state index contributed by atoms with van der Waals surface area (Å²) in [5, 5.41) is 3.57. The second-order valence-corrected chi connectivity index (χ2v) is 5.33. The monoisotopic (exact) mass is 315 g/mol. The lowest BCUT2D eigenvalue weighted by molar-refractivity contribution is -0.106. The predicted molar refractivity (Wildman–Crippen MR) is 92.4 cm³/mol. The Morgan fingerprint density at radius 3 is 2.68 bits per heavy atom. The van der Waals surface area contributed by atoms with E-state index in [-0.39, 0.29) is 0 Å². The summed E-state index contributed by atoms with van der Waals surface area (Å²) in [5.41, 5.74) is 3.88. The summed E-state index contributed by atoms with van der Waals surface area (Å²) in [6, 6.07) is 13.6. The zero-order valence-corrected chi connectivity index (χ0v) is 13.6. The maximum Gasteiger partial charge on any atom is 0.234 e. The molecule has 2 aromatic carbocycles. The summed E-state index contributed by atoms with van der Waals surface area (Å²) >= 11 is 6.15. The Labute approximate surface area is 135 Å². The van der Waals surface area contributed by atoms with Crippen LogP contribution in [0.2, 0.25) is 5.02 Å². The molecule has 0 saturated heterocycles. The Bertz CT molecular complexity index is 713. The van der Waals surface area contributed by atoms with Crippen LogP contribution in [0.15, 0.2) is 47.5 Å². The number of nitrogens with zero attached hydrogens (tertiary/aromatic N) is 2. The summed E-state index contributed by atoms with van der Waals surface area (Å²) < 4.78 is 0. The van der Waals surface area contributed by atoms with Crippen molar-refractivity contribution in [2.45, 2.75) is 6.92 Å². The van der Waals surface area contributed by atoms with Crippen molar-refractivity contribution in [3.63, 3.8) is 0 Å². The Balaban J connectivity index is 2.56. The van der Waals surface area contributed by atoms with Gasteiger partial charge in [-0.1, -0.05) is 23.7 Å². The molecule has 2 rings (SSSR count). The fourth-order valence-electron chi connectivity index (χ4n) is 2.28. The number of nitrogens with one attached hydrogen (secondary N) is 1. The van der Waals surface area contributed by atoms with Crippen molar-refractivity contribution in [2.75, 3.05) is 19.0 Å². The van der Waals surface area contributed by atoms with Crippen LogP contribution < -0.4 is 10.2 Å². The van der Waals surface area contributed by atoms with E-state index in [2.05, 4.69) is 16.4 Å². The Morgan fingerprint density at radius 2 is 2.05 bits per heavy atom. The minimum Gasteiger partial charge on any atom is -0.372 e. The standard InChI is InChI=1S/C17H18ClN3O/c1-12-5-4-6-14(9-12)21(3)16-10-13(18)7-8-15(16)17(19-2)20-11-22/h4-11H,1-3H3,(H,19,20,22). The Kier molecular flexibility index (Phi) is 5.17. The van der Waals surface area contributed by atoms with Crippen LogP contribution in [0.4, 0.5) is 11.4 Å². The highest BCUT2D eigenvalue weighted by molar-refractivity contribution is 6.31. The first-order valence-electron chi connectivity index (χ1n) is 6.86. The first kappa shape index (κ1) is 16.0. The van der Waals surface area contributed by atoms with Gasteiger partial charge < -0.3 is 10.2 Å². The third-order valence-corrected chi connectivity index (χ3v) is 3.62. The summed E-state index contributed by atoms with van der Waals surface area (Å²) in [6.07, 6.45) is 0.525. The molecule has 114 valence electrons. The Morgan fingerprint density at radius 1 is 1.27 bits per heavy atom. The van der Waals surface area contributed by atoms with Crippen LogP contribution in [0, 0.1) is 6.92 Å². The topological polar surface area (TPSA) is 44.7 Å². The lowest BCUT2D eigenvalue weighted by Gasteiger charge is -2.23. The molecule has 0 spiro atoms. The number of carbonyl (C=O) groups is 1. The number of rotatable bonds is 4. The summed E-state index contributed by atoms with van der Waals surface area (Å²) in [4.78, 5) is 16.6. The van der Waals surface area contributed by atoms with Crippen molar-refractivity contribution in [1.29, 1.82) is 0 Å². The van der Waals surface area contributed by atoms with Crippen molar-refractivity contribution >= 4 is 35.2 Å². The average molecular weight is 316 g/mol. The molecule has 0 aliphatic heterocycles. The minimum atomic E-state index is 0.501. The van der Waals surface area contributed by atoms with E-state index in [4.69, 9.17) is 11.6 Å². The third-order valence-electron chi connectivity index (χ3n) is 3.38. The lowest BCUT2D eigenvalue weighted by atomic mass is 10.1. The summed E-state index contributed by atoms with van der Waals surface area (Å²) in [6.45, 7) is 2.04. The van der Waals surface area contributed by atoms with Crippen molar-refractivity contribution in [1.82, 2.24) is 5.32 Å². The van der Waals surface area contributed by atoms with E-state index in [1.807, 2.05) is 49.2 Å². The van der Waals surface area contributed by atoms with Crippen molar-refractivity contribution in [3.8, 4) is 0 Å². The van der Waals surface area contributed by atoms with Gasteiger partial charge in [-0.2, -0.15) is 4.99 Å². The molecule has 0 saturated carbocycles. The zero-order valence-electron chi connectivity index (χ0n) is 12.8. The van der Waals surface area contributed by atoms with Crippen molar-refractivity contribution in [3.05, 3.63) is 58.6 Å². The van der Waals surface area contributed by atoms with Gasteiger partial charge in [0.2, 0.25) is 6.41 Å². The molecule has 0 aliphatic carbocycles. The molecule has 2 aromatic rings. The first-order valence-corrected chi connectivity index (χ1v) is 7.24. The van der Waals surface area contributed by atoms with Gasteiger partial charge in [-0.3, -0.25) is 4.79 Å². The van der Waals surface area contributed by atoms with Crippen LogP contribution in [0.1, 0.15) is 11.1 Å². The van der Waals surface area contributed by atoms with E-state index in [1.165, 1.54) is 5.56 Å². The molecule has 0 heterocycles. The number of hydrogen-bond acceptors (Lipinski definition) is 2. The van der Waals surface area contributed by atoms with Gasteiger partial charge in [0.15, 0.2) is 0 Å². The van der Waals surface area contributed by atoms with Crippen LogP contribution in [0.5, 0.6) is 0 Å². The minimum absolute atomic E-state index is 0.501. The fourth-order valence-corrected chi connectivity index (χ4v) is 2.45. The number of aliphatic imine (C=N–C) groups is 1. The van der Waals surface area contributed by atoms with Gasteiger partial charge in [0.05, 0.1) is 5.69 Å². The van der Waals surface area contributed by atoms with Gasteiger partial charge in [-0.15, -0.1) is 0 Å². The highest BCUT2D eigenvalue weighted by Gasteiger charge is 2.14. The number of benzene rings is 2. The molecule has 4 nitrogen and oxygen atoms in total.